The van der Waals surface area contributed by atoms with Crippen LogP contribution in [0.2, 0.25) is 0 Å². The van der Waals surface area contributed by atoms with Crippen LogP contribution in [-0.4, -0.2) is 25.2 Å². The van der Waals surface area contributed by atoms with Gasteiger partial charge in [0, 0.05) is 24.9 Å². The number of unbranched alkanes of at least 4 members (excludes halogenated alkanes) is 1. The molecule has 1 aliphatic carbocycles. The van der Waals surface area contributed by atoms with Gasteiger partial charge in [-0.25, -0.2) is 0 Å². The van der Waals surface area contributed by atoms with Gasteiger partial charge in [0.15, 0.2) is 11.5 Å². The molecule has 0 spiro atoms. The van der Waals surface area contributed by atoms with Crippen LogP contribution in [-0.2, 0) is 16.1 Å². The van der Waals surface area contributed by atoms with Crippen molar-refractivity contribution in [2.75, 3.05) is 13.3 Å². The number of hydrogen-bond acceptors (Lipinski definition) is 4. The lowest BCUT2D eigenvalue weighted by molar-refractivity contribution is -0.130. The first-order valence-electron chi connectivity index (χ1n) is 9.61. The number of carbonyl (C=O) groups is 2. The lowest BCUT2D eigenvalue weighted by atomic mass is 9.81. The van der Waals surface area contributed by atoms with E-state index < -0.39 is 0 Å². The Morgan fingerprint density at radius 1 is 1.00 bits per heavy atom. The van der Waals surface area contributed by atoms with Gasteiger partial charge >= 0.3 is 0 Å². The Morgan fingerprint density at radius 2 is 1.65 bits per heavy atom. The van der Waals surface area contributed by atoms with E-state index in [9.17, 15) is 9.59 Å². The first kappa shape index (κ1) is 18.5. The third-order valence-corrected chi connectivity index (χ3v) is 5.20. The van der Waals surface area contributed by atoms with Gasteiger partial charge < -0.3 is 20.1 Å². The Bertz CT molecular complexity index is 639. The molecule has 1 saturated carbocycles. The normalized spacial score (nSPS) is 21.3. The zero-order chi connectivity index (χ0) is 18.4. The van der Waals surface area contributed by atoms with Crippen molar-refractivity contribution in [2.45, 2.75) is 52.0 Å². The van der Waals surface area contributed by atoms with Crippen LogP contribution in [0.25, 0.3) is 0 Å². The van der Waals surface area contributed by atoms with Gasteiger partial charge in [0.2, 0.25) is 18.6 Å². The van der Waals surface area contributed by atoms with Crippen LogP contribution in [0.1, 0.15) is 51.0 Å². The van der Waals surface area contributed by atoms with E-state index in [4.69, 9.17) is 9.47 Å². The molecule has 6 nitrogen and oxygen atoms in total. The summed E-state index contributed by atoms with van der Waals surface area (Å²) in [6.45, 7) is 3.60. The van der Waals surface area contributed by atoms with E-state index in [-0.39, 0.29) is 30.4 Å². The van der Waals surface area contributed by atoms with Crippen molar-refractivity contribution in [1.82, 2.24) is 10.6 Å². The fourth-order valence-electron chi connectivity index (χ4n) is 3.53. The molecule has 0 saturated heterocycles. The summed E-state index contributed by atoms with van der Waals surface area (Å²) in [5.74, 6) is 1.76. The molecule has 2 aliphatic rings. The maximum Gasteiger partial charge on any atom is 0.231 e. The fraction of sp³-hybridized carbons (Fsp3) is 0.600. The molecule has 1 aliphatic heterocycles. The summed E-state index contributed by atoms with van der Waals surface area (Å²) in [7, 11) is 0. The number of nitrogens with one attached hydrogen (secondary N) is 2. The average Bonchev–Trinajstić information content (AvgIpc) is 3.14. The number of fused-ring (bicyclic) bond motifs is 1. The Hall–Kier alpha value is -2.24. The molecule has 26 heavy (non-hydrogen) atoms. The van der Waals surface area contributed by atoms with Crippen LogP contribution in [0.4, 0.5) is 0 Å². The number of rotatable bonds is 7. The van der Waals surface area contributed by atoms with Crippen molar-refractivity contribution in [3.05, 3.63) is 23.8 Å². The van der Waals surface area contributed by atoms with E-state index in [0.717, 1.165) is 62.1 Å². The van der Waals surface area contributed by atoms with Gasteiger partial charge in [0.1, 0.15) is 0 Å². The minimum absolute atomic E-state index is 0.00343. The Morgan fingerprint density at radius 3 is 2.35 bits per heavy atom. The van der Waals surface area contributed by atoms with E-state index >= 15 is 0 Å². The van der Waals surface area contributed by atoms with Gasteiger partial charge in [-0.3, -0.25) is 9.59 Å². The summed E-state index contributed by atoms with van der Waals surface area (Å²) in [4.78, 5) is 24.5. The molecule has 0 aromatic heterocycles. The second kappa shape index (κ2) is 8.92. The van der Waals surface area contributed by atoms with Crippen molar-refractivity contribution in [1.29, 1.82) is 0 Å². The van der Waals surface area contributed by atoms with Crippen LogP contribution in [0.15, 0.2) is 18.2 Å². The summed E-state index contributed by atoms with van der Waals surface area (Å²) in [6.07, 6.45) is 5.23. The summed E-state index contributed by atoms with van der Waals surface area (Å²) >= 11 is 0. The molecule has 0 atom stereocenters. The van der Waals surface area contributed by atoms with Crippen molar-refractivity contribution in [2.24, 2.45) is 11.8 Å². The number of benzene rings is 1. The van der Waals surface area contributed by atoms with Crippen molar-refractivity contribution < 1.29 is 19.1 Å². The lowest BCUT2D eigenvalue weighted by Crippen LogP contribution is -2.37. The van der Waals surface area contributed by atoms with Crippen LogP contribution in [0.3, 0.4) is 0 Å². The highest BCUT2D eigenvalue weighted by Gasteiger charge is 2.29. The number of ether oxygens (including phenoxy) is 2. The highest BCUT2D eigenvalue weighted by Crippen LogP contribution is 2.33. The molecular weight excluding hydrogens is 332 g/mol. The van der Waals surface area contributed by atoms with Crippen LogP contribution >= 0.6 is 0 Å². The monoisotopic (exact) mass is 360 g/mol. The van der Waals surface area contributed by atoms with Crippen LogP contribution in [0, 0.1) is 11.8 Å². The smallest absolute Gasteiger partial charge is 0.231 e. The second-order valence-corrected chi connectivity index (χ2v) is 7.10. The molecule has 6 heteroatoms. The summed E-state index contributed by atoms with van der Waals surface area (Å²) in [5.41, 5.74) is 0.992. The van der Waals surface area contributed by atoms with Crippen LogP contribution < -0.4 is 20.1 Å². The zero-order valence-electron chi connectivity index (χ0n) is 15.4. The Kier molecular flexibility index (Phi) is 6.36. The van der Waals surface area contributed by atoms with Gasteiger partial charge in [-0.15, -0.1) is 0 Å². The van der Waals surface area contributed by atoms with Crippen molar-refractivity contribution >= 4 is 11.8 Å². The summed E-state index contributed by atoms with van der Waals surface area (Å²) in [5, 5.41) is 6.01. The van der Waals surface area contributed by atoms with E-state index in [0.29, 0.717) is 6.54 Å². The van der Waals surface area contributed by atoms with Gasteiger partial charge in [-0.05, 0) is 49.8 Å². The highest BCUT2D eigenvalue weighted by atomic mass is 16.7. The first-order valence-corrected chi connectivity index (χ1v) is 9.61. The third-order valence-electron chi connectivity index (χ3n) is 5.20. The topological polar surface area (TPSA) is 76.7 Å². The largest absolute Gasteiger partial charge is 0.454 e. The van der Waals surface area contributed by atoms with E-state index in [1.807, 2.05) is 18.2 Å². The van der Waals surface area contributed by atoms with E-state index in [2.05, 4.69) is 17.6 Å². The van der Waals surface area contributed by atoms with E-state index in [1.165, 1.54) is 0 Å². The molecule has 2 amide bonds. The highest BCUT2D eigenvalue weighted by molar-refractivity contribution is 5.81. The quantitative estimate of drug-likeness (QED) is 0.733. The number of carbonyl (C=O) groups excluding carboxylic acids is 2. The van der Waals surface area contributed by atoms with Crippen molar-refractivity contribution in [3.63, 3.8) is 0 Å². The number of hydrogen-bond donors (Lipinski definition) is 2. The molecule has 0 radical (unpaired) electrons. The molecule has 1 fully saturated rings. The standard InChI is InChI=1S/C20H28N2O4/c1-2-3-10-21-19(23)15-5-7-16(8-6-15)20(24)22-12-14-4-9-17-18(11-14)26-13-25-17/h4,9,11,15-16H,2-3,5-8,10,12-13H2,1H3,(H,21,23)(H,22,24). The minimum Gasteiger partial charge on any atom is -0.454 e. The van der Waals surface area contributed by atoms with Gasteiger partial charge in [0.05, 0.1) is 0 Å². The minimum atomic E-state index is 0.00343. The van der Waals surface area contributed by atoms with E-state index in [1.54, 1.807) is 0 Å². The molecule has 2 N–H and O–H groups in total. The maximum absolute atomic E-state index is 12.4. The third kappa shape index (κ3) is 4.68. The van der Waals surface area contributed by atoms with Crippen molar-refractivity contribution in [3.8, 4) is 11.5 Å². The summed E-state index contributed by atoms with van der Waals surface area (Å²) in [6, 6.07) is 5.71. The van der Waals surface area contributed by atoms with Gasteiger partial charge in [0.25, 0.3) is 0 Å². The maximum atomic E-state index is 12.4. The predicted octanol–water partition coefficient (Wildman–Crippen LogP) is 2.75. The molecule has 0 unspecified atom stereocenters. The molecule has 3 rings (SSSR count). The zero-order valence-corrected chi connectivity index (χ0v) is 15.4. The number of amides is 2. The predicted molar refractivity (Wildman–Crippen MR) is 97.8 cm³/mol. The second-order valence-electron chi connectivity index (χ2n) is 7.10. The molecule has 0 bridgehead atoms. The molecule has 1 heterocycles. The molecular formula is C20H28N2O4. The fourth-order valence-corrected chi connectivity index (χ4v) is 3.53. The molecule has 1 aromatic carbocycles. The summed E-state index contributed by atoms with van der Waals surface area (Å²) < 4.78 is 10.7. The van der Waals surface area contributed by atoms with Crippen LogP contribution in [0.5, 0.6) is 11.5 Å². The van der Waals surface area contributed by atoms with Gasteiger partial charge in [-0.1, -0.05) is 19.4 Å². The first-order chi connectivity index (χ1) is 12.7. The molecule has 1 aromatic rings. The Labute approximate surface area is 154 Å². The average molecular weight is 360 g/mol. The molecule has 142 valence electrons. The lowest BCUT2D eigenvalue weighted by Gasteiger charge is -2.27. The van der Waals surface area contributed by atoms with Gasteiger partial charge in [-0.2, -0.15) is 0 Å². The SMILES string of the molecule is CCCCNC(=O)C1CCC(C(=O)NCc2ccc3c(c2)OCO3)CC1. The Balaban J connectivity index is 1.40.